The number of unbranched alkanes of at least 4 members (excludes halogenated alkanes) is 3. The van der Waals surface area contributed by atoms with Gasteiger partial charge in [0.25, 0.3) is 0 Å². The Morgan fingerprint density at radius 2 is 1.75 bits per heavy atom. The van der Waals surface area contributed by atoms with Gasteiger partial charge >= 0.3 is 0 Å². The summed E-state index contributed by atoms with van der Waals surface area (Å²) in [6, 6.07) is 0. The summed E-state index contributed by atoms with van der Waals surface area (Å²) in [5.41, 5.74) is 0. The molecule has 0 aromatic rings. The molecule has 0 saturated carbocycles. The van der Waals surface area contributed by atoms with E-state index in [9.17, 15) is 0 Å². The van der Waals surface area contributed by atoms with Gasteiger partial charge in [0.1, 0.15) is 0 Å². The molecule has 0 radical (unpaired) electrons. The third-order valence-corrected chi connectivity index (χ3v) is 3.34. The fraction of sp³-hybridized carbons (Fsp3) is 1.00. The SMILES string of the molecule is CCCNCCCCCCN(C)CCSC. The molecule has 1 N–H and O–H groups in total. The number of nitrogens with zero attached hydrogens (tertiary/aromatic N) is 1. The summed E-state index contributed by atoms with van der Waals surface area (Å²) in [5.74, 6) is 1.26. The van der Waals surface area contributed by atoms with Crippen LogP contribution in [0.3, 0.4) is 0 Å². The van der Waals surface area contributed by atoms with Gasteiger partial charge in [-0.05, 0) is 52.2 Å². The Balaban J connectivity index is 3.02. The minimum Gasteiger partial charge on any atom is -0.317 e. The van der Waals surface area contributed by atoms with Gasteiger partial charge in [-0.3, -0.25) is 0 Å². The number of thioether (sulfide) groups is 1. The Labute approximate surface area is 107 Å². The highest BCUT2D eigenvalue weighted by atomic mass is 32.2. The van der Waals surface area contributed by atoms with E-state index in [1.165, 1.54) is 64.0 Å². The van der Waals surface area contributed by atoms with Crippen LogP contribution in [0.4, 0.5) is 0 Å². The molecule has 0 aliphatic rings. The van der Waals surface area contributed by atoms with Crippen molar-refractivity contribution in [1.29, 1.82) is 0 Å². The van der Waals surface area contributed by atoms with Crippen LogP contribution in [0.5, 0.6) is 0 Å². The van der Waals surface area contributed by atoms with Crippen LogP contribution in [0.2, 0.25) is 0 Å². The second kappa shape index (κ2) is 13.3. The number of rotatable bonds is 12. The zero-order valence-electron chi connectivity index (χ0n) is 11.4. The molecule has 0 amide bonds. The average molecular weight is 246 g/mol. The van der Waals surface area contributed by atoms with Gasteiger partial charge in [-0.1, -0.05) is 19.8 Å². The van der Waals surface area contributed by atoms with Gasteiger partial charge in [0.15, 0.2) is 0 Å². The maximum absolute atomic E-state index is 3.45. The van der Waals surface area contributed by atoms with Crippen LogP contribution in [-0.4, -0.2) is 50.1 Å². The summed E-state index contributed by atoms with van der Waals surface area (Å²) in [4.78, 5) is 2.45. The molecule has 16 heavy (non-hydrogen) atoms. The first-order valence-corrected chi connectivity index (χ1v) is 8.08. The van der Waals surface area contributed by atoms with Gasteiger partial charge in [0.05, 0.1) is 0 Å². The monoisotopic (exact) mass is 246 g/mol. The molecule has 0 atom stereocenters. The van der Waals surface area contributed by atoms with Crippen molar-refractivity contribution >= 4 is 11.8 Å². The van der Waals surface area contributed by atoms with Crippen molar-refractivity contribution in [2.45, 2.75) is 39.0 Å². The summed E-state index contributed by atoms with van der Waals surface area (Å²) in [6.07, 6.45) is 8.90. The molecular formula is C13H30N2S. The van der Waals surface area contributed by atoms with Crippen LogP contribution in [0.15, 0.2) is 0 Å². The van der Waals surface area contributed by atoms with E-state index in [4.69, 9.17) is 0 Å². The lowest BCUT2D eigenvalue weighted by Gasteiger charge is -2.15. The zero-order valence-corrected chi connectivity index (χ0v) is 12.2. The van der Waals surface area contributed by atoms with Crippen LogP contribution >= 0.6 is 11.8 Å². The van der Waals surface area contributed by atoms with Crippen LogP contribution in [0, 0.1) is 0 Å². The molecule has 0 bridgehead atoms. The van der Waals surface area contributed by atoms with Crippen molar-refractivity contribution in [3.8, 4) is 0 Å². The van der Waals surface area contributed by atoms with E-state index in [1.54, 1.807) is 0 Å². The van der Waals surface area contributed by atoms with Gasteiger partial charge in [-0.25, -0.2) is 0 Å². The molecular weight excluding hydrogens is 216 g/mol. The molecule has 0 aliphatic carbocycles. The third kappa shape index (κ3) is 12.3. The molecule has 0 aromatic carbocycles. The summed E-state index contributed by atoms with van der Waals surface area (Å²) in [7, 11) is 2.24. The van der Waals surface area contributed by atoms with Gasteiger partial charge in [-0.2, -0.15) is 11.8 Å². The highest BCUT2D eigenvalue weighted by Crippen LogP contribution is 2.01. The molecule has 98 valence electrons. The summed E-state index contributed by atoms with van der Waals surface area (Å²) in [5, 5.41) is 3.45. The number of hydrogen-bond acceptors (Lipinski definition) is 3. The average Bonchev–Trinajstić information content (AvgIpc) is 2.30. The Hall–Kier alpha value is 0.270. The quantitative estimate of drug-likeness (QED) is 0.533. The molecule has 2 nitrogen and oxygen atoms in total. The summed E-state index contributed by atoms with van der Waals surface area (Å²) >= 11 is 1.93. The van der Waals surface area contributed by atoms with Crippen molar-refractivity contribution in [3.63, 3.8) is 0 Å². The molecule has 0 aliphatic heterocycles. The minimum absolute atomic E-state index is 1.18. The van der Waals surface area contributed by atoms with Crippen LogP contribution in [0.25, 0.3) is 0 Å². The third-order valence-electron chi connectivity index (χ3n) is 2.75. The highest BCUT2D eigenvalue weighted by Gasteiger charge is 1.97. The molecule has 0 spiro atoms. The Bertz CT molecular complexity index is 131. The fourth-order valence-corrected chi connectivity index (χ4v) is 2.14. The van der Waals surface area contributed by atoms with Crippen molar-refractivity contribution in [3.05, 3.63) is 0 Å². The molecule has 0 aromatic heterocycles. The molecule has 0 fully saturated rings. The smallest absolute Gasteiger partial charge is 0.00692 e. The van der Waals surface area contributed by atoms with Crippen molar-refractivity contribution in [2.75, 3.05) is 45.2 Å². The normalized spacial score (nSPS) is 11.2. The highest BCUT2D eigenvalue weighted by molar-refractivity contribution is 7.98. The molecule has 3 heteroatoms. The maximum Gasteiger partial charge on any atom is 0.00692 e. The van der Waals surface area contributed by atoms with Crippen LogP contribution in [-0.2, 0) is 0 Å². The van der Waals surface area contributed by atoms with Gasteiger partial charge in [0, 0.05) is 12.3 Å². The lowest BCUT2D eigenvalue weighted by molar-refractivity contribution is 0.343. The maximum atomic E-state index is 3.45. The lowest BCUT2D eigenvalue weighted by atomic mass is 10.2. The van der Waals surface area contributed by atoms with Crippen molar-refractivity contribution < 1.29 is 0 Å². The van der Waals surface area contributed by atoms with Crippen molar-refractivity contribution in [2.24, 2.45) is 0 Å². The van der Waals surface area contributed by atoms with E-state index in [-0.39, 0.29) is 0 Å². The Kier molecular flexibility index (Phi) is 13.6. The van der Waals surface area contributed by atoms with E-state index in [2.05, 4.69) is 30.4 Å². The van der Waals surface area contributed by atoms with Crippen LogP contribution < -0.4 is 5.32 Å². The van der Waals surface area contributed by atoms with Crippen molar-refractivity contribution in [1.82, 2.24) is 10.2 Å². The topological polar surface area (TPSA) is 15.3 Å². The molecule has 0 rings (SSSR count). The Morgan fingerprint density at radius 1 is 1.00 bits per heavy atom. The predicted molar refractivity (Wildman–Crippen MR) is 77.5 cm³/mol. The number of nitrogens with one attached hydrogen (secondary N) is 1. The minimum atomic E-state index is 1.18. The summed E-state index contributed by atoms with van der Waals surface area (Å²) < 4.78 is 0. The first-order chi connectivity index (χ1) is 7.81. The van der Waals surface area contributed by atoms with Gasteiger partial charge < -0.3 is 10.2 Å². The van der Waals surface area contributed by atoms with Gasteiger partial charge in [-0.15, -0.1) is 0 Å². The second-order valence-corrected chi connectivity index (χ2v) is 5.45. The van der Waals surface area contributed by atoms with E-state index >= 15 is 0 Å². The predicted octanol–water partition coefficient (Wildman–Crippen LogP) is 2.84. The van der Waals surface area contributed by atoms with Crippen LogP contribution in [0.1, 0.15) is 39.0 Å². The Morgan fingerprint density at radius 3 is 2.44 bits per heavy atom. The number of hydrogen-bond donors (Lipinski definition) is 1. The first-order valence-electron chi connectivity index (χ1n) is 6.69. The largest absolute Gasteiger partial charge is 0.317 e. The zero-order chi connectivity index (χ0) is 12.1. The van der Waals surface area contributed by atoms with E-state index < -0.39 is 0 Å². The standard InChI is InChI=1S/C13H30N2S/c1-4-9-14-10-7-5-6-8-11-15(2)12-13-16-3/h14H,4-13H2,1-3H3. The second-order valence-electron chi connectivity index (χ2n) is 4.46. The summed E-state index contributed by atoms with van der Waals surface area (Å²) in [6.45, 7) is 7.10. The first kappa shape index (κ1) is 16.3. The molecule has 0 unspecified atom stereocenters. The fourth-order valence-electron chi connectivity index (χ4n) is 1.65. The lowest BCUT2D eigenvalue weighted by Crippen LogP contribution is -2.22. The molecule has 0 saturated heterocycles. The van der Waals surface area contributed by atoms with E-state index in [1.807, 2.05) is 11.8 Å². The van der Waals surface area contributed by atoms with E-state index in [0.29, 0.717) is 0 Å². The molecule has 0 heterocycles. The van der Waals surface area contributed by atoms with E-state index in [0.717, 1.165) is 0 Å². The van der Waals surface area contributed by atoms with Gasteiger partial charge in [0.2, 0.25) is 0 Å².